The van der Waals surface area contributed by atoms with Crippen molar-refractivity contribution < 1.29 is 19.1 Å². The molecule has 0 aliphatic carbocycles. The summed E-state index contributed by atoms with van der Waals surface area (Å²) in [5.41, 5.74) is 2.63. The normalized spacial score (nSPS) is 10.3. The van der Waals surface area contributed by atoms with Crippen LogP contribution in [0.25, 0.3) is 22.5 Å². The van der Waals surface area contributed by atoms with Crippen molar-refractivity contribution in [2.24, 2.45) is 0 Å². The van der Waals surface area contributed by atoms with Gasteiger partial charge in [-0.05, 0) is 17.7 Å². The number of rotatable bonds is 4. The zero-order chi connectivity index (χ0) is 17.8. The van der Waals surface area contributed by atoms with Crippen molar-refractivity contribution in [2.45, 2.75) is 0 Å². The van der Waals surface area contributed by atoms with E-state index >= 15 is 0 Å². The van der Waals surface area contributed by atoms with Gasteiger partial charge in [0.15, 0.2) is 0 Å². The Morgan fingerprint density at radius 1 is 0.840 bits per heavy atom. The first-order valence-corrected chi connectivity index (χ1v) is 7.55. The molecule has 0 fully saturated rings. The second kappa shape index (κ2) is 7.00. The van der Waals surface area contributed by atoms with Gasteiger partial charge in [-0.2, -0.15) is 0 Å². The minimum Gasteiger partial charge on any atom is -0.465 e. The summed E-state index contributed by atoms with van der Waals surface area (Å²) >= 11 is 0. The number of nitrogens with zero attached hydrogens (tertiary/aromatic N) is 1. The molecule has 0 bridgehead atoms. The number of ether oxygens (including phenoxy) is 2. The molecule has 0 radical (unpaired) electrons. The van der Waals surface area contributed by atoms with E-state index in [1.807, 2.05) is 30.3 Å². The van der Waals surface area contributed by atoms with Crippen LogP contribution in [0.5, 0.6) is 0 Å². The maximum Gasteiger partial charge on any atom is 0.340 e. The molecule has 1 aromatic carbocycles. The Labute approximate surface area is 144 Å². The van der Waals surface area contributed by atoms with Crippen molar-refractivity contribution in [1.29, 1.82) is 0 Å². The molecule has 0 aliphatic rings. The van der Waals surface area contributed by atoms with E-state index in [0.717, 1.165) is 5.56 Å². The van der Waals surface area contributed by atoms with Crippen molar-refractivity contribution in [2.75, 3.05) is 14.2 Å². The zero-order valence-electron chi connectivity index (χ0n) is 13.8. The summed E-state index contributed by atoms with van der Waals surface area (Å²) in [4.78, 5) is 32.1. The van der Waals surface area contributed by atoms with Gasteiger partial charge in [0.25, 0.3) is 0 Å². The van der Waals surface area contributed by atoms with Crippen LogP contribution in [0.15, 0.2) is 54.9 Å². The minimum atomic E-state index is -0.627. The van der Waals surface area contributed by atoms with Gasteiger partial charge in [0.2, 0.25) is 0 Å². The predicted molar refractivity (Wildman–Crippen MR) is 92.1 cm³/mol. The number of pyridine rings is 1. The molecule has 0 atom stereocenters. The fourth-order valence-corrected chi connectivity index (χ4v) is 2.66. The molecule has 2 aromatic heterocycles. The first-order chi connectivity index (χ1) is 12.2. The van der Waals surface area contributed by atoms with E-state index < -0.39 is 11.9 Å². The SMILES string of the molecule is COC(=O)c1c(-c2ccccc2)[nH]c(-c2cccnc2)c1C(=O)OC. The highest BCUT2D eigenvalue weighted by Crippen LogP contribution is 2.34. The molecular weight excluding hydrogens is 320 g/mol. The van der Waals surface area contributed by atoms with Gasteiger partial charge in [0, 0.05) is 18.0 Å². The second-order valence-corrected chi connectivity index (χ2v) is 5.22. The number of hydrogen-bond acceptors (Lipinski definition) is 5. The van der Waals surface area contributed by atoms with E-state index in [2.05, 4.69) is 9.97 Å². The largest absolute Gasteiger partial charge is 0.465 e. The van der Waals surface area contributed by atoms with Crippen LogP contribution in [0.2, 0.25) is 0 Å². The van der Waals surface area contributed by atoms with Gasteiger partial charge >= 0.3 is 11.9 Å². The van der Waals surface area contributed by atoms with Crippen LogP contribution in [-0.2, 0) is 9.47 Å². The van der Waals surface area contributed by atoms with Crippen LogP contribution >= 0.6 is 0 Å². The average Bonchev–Trinajstić information content (AvgIpc) is 3.08. The van der Waals surface area contributed by atoms with E-state index in [9.17, 15) is 9.59 Å². The van der Waals surface area contributed by atoms with Crippen molar-refractivity contribution in [3.63, 3.8) is 0 Å². The number of nitrogens with one attached hydrogen (secondary N) is 1. The van der Waals surface area contributed by atoms with E-state index in [4.69, 9.17) is 9.47 Å². The van der Waals surface area contributed by atoms with Gasteiger partial charge in [-0.3, -0.25) is 4.98 Å². The summed E-state index contributed by atoms with van der Waals surface area (Å²) in [6.45, 7) is 0. The second-order valence-electron chi connectivity index (χ2n) is 5.22. The monoisotopic (exact) mass is 336 g/mol. The summed E-state index contributed by atoms with van der Waals surface area (Å²) in [5, 5.41) is 0. The summed E-state index contributed by atoms with van der Waals surface area (Å²) in [6, 6.07) is 12.8. The highest BCUT2D eigenvalue weighted by Gasteiger charge is 2.30. The number of carbonyl (C=O) groups excluding carboxylic acids is 2. The maximum absolute atomic E-state index is 12.4. The lowest BCUT2D eigenvalue weighted by Crippen LogP contribution is -2.11. The molecule has 0 saturated carbocycles. The molecule has 25 heavy (non-hydrogen) atoms. The van der Waals surface area contributed by atoms with Gasteiger partial charge in [0.05, 0.1) is 25.6 Å². The number of methoxy groups -OCH3 is 2. The number of benzene rings is 1. The fourth-order valence-electron chi connectivity index (χ4n) is 2.66. The summed E-state index contributed by atoms with van der Waals surface area (Å²) in [5.74, 6) is -1.25. The van der Waals surface area contributed by atoms with Crippen LogP contribution in [0.4, 0.5) is 0 Å². The van der Waals surface area contributed by atoms with Gasteiger partial charge in [-0.25, -0.2) is 9.59 Å². The van der Waals surface area contributed by atoms with Crippen LogP contribution < -0.4 is 0 Å². The van der Waals surface area contributed by atoms with Crippen LogP contribution in [-0.4, -0.2) is 36.1 Å². The zero-order valence-corrected chi connectivity index (χ0v) is 13.8. The quantitative estimate of drug-likeness (QED) is 0.739. The molecule has 3 rings (SSSR count). The number of hydrogen-bond donors (Lipinski definition) is 1. The highest BCUT2D eigenvalue weighted by molar-refractivity contribution is 6.11. The smallest absolute Gasteiger partial charge is 0.340 e. The first-order valence-electron chi connectivity index (χ1n) is 7.55. The minimum absolute atomic E-state index is 0.126. The molecule has 2 heterocycles. The Bertz CT molecular complexity index is 828. The van der Waals surface area contributed by atoms with E-state index in [0.29, 0.717) is 17.0 Å². The number of aromatic amines is 1. The van der Waals surface area contributed by atoms with Crippen molar-refractivity contribution in [1.82, 2.24) is 9.97 Å². The summed E-state index contributed by atoms with van der Waals surface area (Å²) < 4.78 is 9.80. The molecule has 3 aromatic rings. The standard InChI is InChI=1S/C19H16N2O4/c1-24-18(22)14-15(19(23)25-2)17(13-9-6-10-20-11-13)21-16(14)12-7-4-3-5-8-12/h3-11,21H,1-2H3. The summed E-state index contributed by atoms with van der Waals surface area (Å²) in [7, 11) is 2.54. The first kappa shape index (κ1) is 16.4. The third kappa shape index (κ3) is 3.01. The number of carbonyl (C=O) groups is 2. The lowest BCUT2D eigenvalue weighted by molar-refractivity contribution is 0.0558. The Kier molecular flexibility index (Phi) is 4.61. The maximum atomic E-state index is 12.4. The molecule has 1 N–H and O–H groups in total. The Morgan fingerprint density at radius 3 is 1.92 bits per heavy atom. The van der Waals surface area contributed by atoms with Crippen molar-refractivity contribution in [3.05, 3.63) is 66.0 Å². The molecular formula is C19H16N2O4. The molecule has 0 aliphatic heterocycles. The van der Waals surface area contributed by atoms with Crippen molar-refractivity contribution >= 4 is 11.9 Å². The third-order valence-corrected chi connectivity index (χ3v) is 3.79. The number of aromatic nitrogens is 2. The molecule has 6 nitrogen and oxygen atoms in total. The average molecular weight is 336 g/mol. The van der Waals surface area contributed by atoms with Crippen molar-refractivity contribution in [3.8, 4) is 22.5 Å². The predicted octanol–water partition coefficient (Wildman–Crippen LogP) is 3.32. The lowest BCUT2D eigenvalue weighted by Gasteiger charge is -2.05. The van der Waals surface area contributed by atoms with Gasteiger partial charge in [0.1, 0.15) is 11.1 Å². The molecule has 126 valence electrons. The number of esters is 2. The van der Waals surface area contributed by atoms with Gasteiger partial charge in [-0.15, -0.1) is 0 Å². The van der Waals surface area contributed by atoms with Crippen LogP contribution in [0.3, 0.4) is 0 Å². The van der Waals surface area contributed by atoms with Gasteiger partial charge < -0.3 is 14.5 Å². The van der Waals surface area contributed by atoms with Crippen LogP contribution in [0, 0.1) is 0 Å². The summed E-state index contributed by atoms with van der Waals surface area (Å²) in [6.07, 6.45) is 3.23. The Hall–Kier alpha value is -3.41. The van der Waals surface area contributed by atoms with Crippen LogP contribution in [0.1, 0.15) is 20.7 Å². The Balaban J connectivity index is 2.34. The van der Waals surface area contributed by atoms with Gasteiger partial charge in [-0.1, -0.05) is 30.3 Å². The molecule has 0 unspecified atom stereocenters. The van der Waals surface area contributed by atoms with E-state index in [1.54, 1.807) is 24.5 Å². The molecule has 6 heteroatoms. The van der Waals surface area contributed by atoms with E-state index in [-0.39, 0.29) is 11.1 Å². The fraction of sp³-hybridized carbons (Fsp3) is 0.105. The van der Waals surface area contributed by atoms with E-state index in [1.165, 1.54) is 14.2 Å². The topological polar surface area (TPSA) is 81.3 Å². The third-order valence-electron chi connectivity index (χ3n) is 3.79. The molecule has 0 saturated heterocycles. The number of H-pyrrole nitrogens is 1. The molecule has 0 amide bonds. The Morgan fingerprint density at radius 2 is 1.40 bits per heavy atom. The molecule has 0 spiro atoms. The lowest BCUT2D eigenvalue weighted by atomic mass is 10.0. The highest BCUT2D eigenvalue weighted by atomic mass is 16.5.